The average Bonchev–Trinajstić information content (AvgIpc) is 2.38. The zero-order chi connectivity index (χ0) is 13.2. The Hall–Kier alpha value is -1.51. The summed E-state index contributed by atoms with van der Waals surface area (Å²) in [5.74, 6) is 0.101. The lowest BCUT2D eigenvalue weighted by Gasteiger charge is -2.07. The van der Waals surface area contributed by atoms with Gasteiger partial charge in [0.25, 0.3) is 0 Å². The van der Waals surface area contributed by atoms with Gasteiger partial charge < -0.3 is 10.6 Å². The first-order chi connectivity index (χ1) is 8.76. The van der Waals surface area contributed by atoms with E-state index in [9.17, 15) is 4.79 Å². The number of nitrogens with one attached hydrogen (secondary N) is 2. The van der Waals surface area contributed by atoms with Crippen LogP contribution in [0.3, 0.4) is 0 Å². The smallest absolute Gasteiger partial charge is 0.221 e. The van der Waals surface area contributed by atoms with Crippen molar-refractivity contribution in [1.82, 2.24) is 5.32 Å². The molecule has 0 aliphatic heterocycles. The van der Waals surface area contributed by atoms with Gasteiger partial charge in [0.15, 0.2) is 0 Å². The van der Waals surface area contributed by atoms with Crippen molar-refractivity contribution in [2.45, 2.75) is 39.5 Å². The third kappa shape index (κ3) is 5.71. The van der Waals surface area contributed by atoms with Crippen molar-refractivity contribution in [3.63, 3.8) is 0 Å². The second-order valence-corrected chi connectivity index (χ2v) is 4.43. The number of unbranched alkanes of at least 4 members (excludes halogenated alkanes) is 1. The number of hydrogen-bond donors (Lipinski definition) is 2. The standard InChI is InChI=1S/C15H24N2O/c1-3-5-6-13-7-9-14(10-8-13)17-12-11-15(18)16-4-2/h7-10,17H,3-6,11-12H2,1-2H3,(H,16,18). The average molecular weight is 248 g/mol. The van der Waals surface area contributed by atoms with E-state index in [1.807, 2.05) is 6.92 Å². The van der Waals surface area contributed by atoms with Gasteiger partial charge in [0.05, 0.1) is 0 Å². The lowest BCUT2D eigenvalue weighted by atomic mass is 10.1. The zero-order valence-corrected chi connectivity index (χ0v) is 11.5. The van der Waals surface area contributed by atoms with E-state index < -0.39 is 0 Å². The number of carbonyl (C=O) groups is 1. The highest BCUT2D eigenvalue weighted by Gasteiger charge is 1.99. The second-order valence-electron chi connectivity index (χ2n) is 4.43. The fourth-order valence-corrected chi connectivity index (χ4v) is 1.78. The molecule has 0 spiro atoms. The maximum absolute atomic E-state index is 11.3. The van der Waals surface area contributed by atoms with Crippen LogP contribution in [0.25, 0.3) is 0 Å². The van der Waals surface area contributed by atoms with Crippen molar-refractivity contribution in [1.29, 1.82) is 0 Å². The number of amides is 1. The van der Waals surface area contributed by atoms with Crippen molar-refractivity contribution >= 4 is 11.6 Å². The monoisotopic (exact) mass is 248 g/mol. The van der Waals surface area contributed by atoms with Crippen LogP contribution in [0.2, 0.25) is 0 Å². The first kappa shape index (κ1) is 14.6. The Balaban J connectivity index is 2.28. The van der Waals surface area contributed by atoms with Crippen molar-refractivity contribution < 1.29 is 4.79 Å². The van der Waals surface area contributed by atoms with Crippen LogP contribution >= 0.6 is 0 Å². The maximum Gasteiger partial charge on any atom is 0.221 e. The van der Waals surface area contributed by atoms with E-state index in [0.29, 0.717) is 19.5 Å². The predicted molar refractivity (Wildman–Crippen MR) is 76.8 cm³/mol. The van der Waals surface area contributed by atoms with Crippen molar-refractivity contribution in [3.8, 4) is 0 Å². The molecule has 0 radical (unpaired) electrons. The van der Waals surface area contributed by atoms with Gasteiger partial charge in [0, 0.05) is 25.2 Å². The van der Waals surface area contributed by atoms with Crippen LogP contribution in [0.5, 0.6) is 0 Å². The summed E-state index contributed by atoms with van der Waals surface area (Å²) < 4.78 is 0. The molecule has 3 nitrogen and oxygen atoms in total. The number of benzene rings is 1. The Bertz CT molecular complexity index is 346. The summed E-state index contributed by atoms with van der Waals surface area (Å²) in [6.45, 7) is 5.52. The van der Waals surface area contributed by atoms with Crippen molar-refractivity contribution in [2.24, 2.45) is 0 Å². The molecule has 0 saturated carbocycles. The van der Waals surface area contributed by atoms with Crippen molar-refractivity contribution in [3.05, 3.63) is 29.8 Å². The van der Waals surface area contributed by atoms with Crippen LogP contribution in [-0.4, -0.2) is 19.0 Å². The molecule has 0 atom stereocenters. The summed E-state index contributed by atoms with van der Waals surface area (Å²) in [6.07, 6.45) is 4.14. The van der Waals surface area contributed by atoms with Crippen molar-refractivity contribution in [2.75, 3.05) is 18.4 Å². The highest BCUT2D eigenvalue weighted by atomic mass is 16.1. The molecule has 0 unspecified atom stereocenters. The van der Waals surface area contributed by atoms with Crippen LogP contribution in [0, 0.1) is 0 Å². The molecule has 0 aliphatic rings. The molecule has 0 bridgehead atoms. The molecule has 0 heterocycles. The molecule has 100 valence electrons. The van der Waals surface area contributed by atoms with Gasteiger partial charge in [0.2, 0.25) is 5.91 Å². The summed E-state index contributed by atoms with van der Waals surface area (Å²) in [4.78, 5) is 11.3. The van der Waals surface area contributed by atoms with Gasteiger partial charge in [-0.3, -0.25) is 4.79 Å². The summed E-state index contributed by atoms with van der Waals surface area (Å²) in [7, 11) is 0. The molecule has 1 amide bonds. The minimum Gasteiger partial charge on any atom is -0.385 e. The molecule has 2 N–H and O–H groups in total. The van der Waals surface area contributed by atoms with Gasteiger partial charge in [-0.1, -0.05) is 25.5 Å². The van der Waals surface area contributed by atoms with Gasteiger partial charge in [-0.05, 0) is 37.5 Å². The Morgan fingerprint density at radius 1 is 1.17 bits per heavy atom. The minimum atomic E-state index is 0.101. The van der Waals surface area contributed by atoms with Crippen LogP contribution < -0.4 is 10.6 Å². The van der Waals surface area contributed by atoms with Gasteiger partial charge in [-0.25, -0.2) is 0 Å². The molecule has 0 fully saturated rings. The van der Waals surface area contributed by atoms with Gasteiger partial charge in [-0.2, -0.15) is 0 Å². The van der Waals surface area contributed by atoms with E-state index in [1.165, 1.54) is 18.4 Å². The van der Waals surface area contributed by atoms with E-state index >= 15 is 0 Å². The third-order valence-electron chi connectivity index (χ3n) is 2.83. The molecule has 0 aliphatic carbocycles. The van der Waals surface area contributed by atoms with E-state index in [1.54, 1.807) is 0 Å². The van der Waals surface area contributed by atoms with E-state index in [2.05, 4.69) is 41.8 Å². The van der Waals surface area contributed by atoms with Gasteiger partial charge >= 0.3 is 0 Å². The quantitative estimate of drug-likeness (QED) is 0.742. The molecule has 0 saturated heterocycles. The lowest BCUT2D eigenvalue weighted by Crippen LogP contribution is -2.24. The maximum atomic E-state index is 11.3. The number of anilines is 1. The molecule has 18 heavy (non-hydrogen) atoms. The molecule has 1 rings (SSSR count). The third-order valence-corrected chi connectivity index (χ3v) is 2.83. The lowest BCUT2D eigenvalue weighted by molar-refractivity contribution is -0.120. The van der Waals surface area contributed by atoms with E-state index in [-0.39, 0.29) is 5.91 Å². The Morgan fingerprint density at radius 2 is 1.89 bits per heavy atom. The first-order valence-electron chi connectivity index (χ1n) is 6.85. The SMILES string of the molecule is CCCCc1ccc(NCCC(=O)NCC)cc1. The normalized spacial score (nSPS) is 10.1. The molecular formula is C15H24N2O. The highest BCUT2D eigenvalue weighted by Crippen LogP contribution is 2.11. The highest BCUT2D eigenvalue weighted by molar-refractivity contribution is 5.76. The first-order valence-corrected chi connectivity index (χ1v) is 6.85. The summed E-state index contributed by atoms with van der Waals surface area (Å²) in [5.41, 5.74) is 2.46. The molecule has 1 aromatic rings. The minimum absolute atomic E-state index is 0.101. The van der Waals surface area contributed by atoms with Crippen LogP contribution in [0.15, 0.2) is 24.3 Å². The fraction of sp³-hybridized carbons (Fsp3) is 0.533. The summed E-state index contributed by atoms with van der Waals surface area (Å²) in [5, 5.41) is 6.04. The van der Waals surface area contributed by atoms with Gasteiger partial charge in [0.1, 0.15) is 0 Å². The van der Waals surface area contributed by atoms with E-state index in [0.717, 1.165) is 12.1 Å². The predicted octanol–water partition coefficient (Wildman–Crippen LogP) is 2.97. The Morgan fingerprint density at radius 3 is 2.50 bits per heavy atom. The zero-order valence-electron chi connectivity index (χ0n) is 11.5. The molecule has 3 heteroatoms. The fourth-order valence-electron chi connectivity index (χ4n) is 1.78. The summed E-state index contributed by atoms with van der Waals surface area (Å²) >= 11 is 0. The number of rotatable bonds is 8. The number of hydrogen-bond acceptors (Lipinski definition) is 2. The summed E-state index contributed by atoms with van der Waals surface area (Å²) in [6, 6.07) is 8.49. The molecule has 1 aromatic carbocycles. The molecular weight excluding hydrogens is 224 g/mol. The van der Waals surface area contributed by atoms with Gasteiger partial charge in [-0.15, -0.1) is 0 Å². The van der Waals surface area contributed by atoms with E-state index in [4.69, 9.17) is 0 Å². The number of aryl methyl sites for hydroxylation is 1. The Kier molecular flexibility index (Phi) is 6.92. The second kappa shape index (κ2) is 8.56. The number of carbonyl (C=O) groups excluding carboxylic acids is 1. The molecule has 0 aromatic heterocycles. The Labute approximate surface area is 110 Å². The van der Waals surface area contributed by atoms with Crippen LogP contribution in [0.1, 0.15) is 38.7 Å². The largest absolute Gasteiger partial charge is 0.385 e. The van der Waals surface area contributed by atoms with Crippen LogP contribution in [-0.2, 0) is 11.2 Å². The van der Waals surface area contributed by atoms with Crippen LogP contribution in [0.4, 0.5) is 5.69 Å². The topological polar surface area (TPSA) is 41.1 Å².